The van der Waals surface area contributed by atoms with Gasteiger partial charge < -0.3 is 15.2 Å². The van der Waals surface area contributed by atoms with Crippen LogP contribution in [0.3, 0.4) is 0 Å². The molecule has 4 heteroatoms. The first-order chi connectivity index (χ1) is 9.88. The molecule has 4 atom stereocenters. The molecule has 21 heavy (non-hydrogen) atoms. The van der Waals surface area contributed by atoms with Crippen molar-refractivity contribution < 1.29 is 14.6 Å². The molecule has 2 aliphatic rings. The van der Waals surface area contributed by atoms with E-state index in [1.165, 1.54) is 0 Å². The number of nitrogens with one attached hydrogen (secondary N) is 1. The highest BCUT2D eigenvalue weighted by Crippen LogP contribution is 2.39. The number of carbonyl (C=O) groups is 1. The summed E-state index contributed by atoms with van der Waals surface area (Å²) in [5.74, 6) is 1.51. The van der Waals surface area contributed by atoms with Gasteiger partial charge in [0.25, 0.3) is 0 Å². The Morgan fingerprint density at radius 2 is 2.14 bits per heavy atom. The Bertz CT molecular complexity index is 358. The Labute approximate surface area is 128 Å². The van der Waals surface area contributed by atoms with E-state index in [0.717, 1.165) is 38.6 Å². The number of carbonyl (C=O) groups excluding carboxylic acids is 1. The number of hydrogen-bond donors (Lipinski definition) is 2. The molecule has 2 fully saturated rings. The van der Waals surface area contributed by atoms with E-state index in [-0.39, 0.29) is 11.9 Å². The van der Waals surface area contributed by atoms with Crippen molar-refractivity contribution in [1.82, 2.24) is 5.32 Å². The highest BCUT2D eigenvalue weighted by molar-refractivity contribution is 5.71. The predicted octanol–water partition coefficient (Wildman–Crippen LogP) is 2.35. The maximum atomic E-state index is 11.9. The maximum absolute atomic E-state index is 11.9. The molecule has 0 radical (unpaired) electrons. The summed E-state index contributed by atoms with van der Waals surface area (Å²) in [6, 6.07) is 0. The zero-order chi connectivity index (χ0) is 15.5. The fraction of sp³-hybridized carbons (Fsp3) is 0.941. The summed E-state index contributed by atoms with van der Waals surface area (Å²) in [5.41, 5.74) is -0.527. The van der Waals surface area contributed by atoms with Crippen molar-refractivity contribution in [3.63, 3.8) is 0 Å². The summed E-state index contributed by atoms with van der Waals surface area (Å²) >= 11 is 0. The van der Waals surface area contributed by atoms with Crippen LogP contribution in [0.5, 0.6) is 0 Å². The van der Waals surface area contributed by atoms with Crippen LogP contribution in [-0.4, -0.2) is 36.4 Å². The SMILES string of the molecule is CC(C)CC(C)C(=O)OCCC1CC2CNCC(O)(C1)C2. The van der Waals surface area contributed by atoms with E-state index < -0.39 is 5.60 Å². The summed E-state index contributed by atoms with van der Waals surface area (Å²) in [7, 11) is 0. The van der Waals surface area contributed by atoms with Crippen LogP contribution >= 0.6 is 0 Å². The second-order valence-corrected chi connectivity index (χ2v) is 7.72. The normalized spacial score (nSPS) is 33.8. The van der Waals surface area contributed by atoms with E-state index in [1.54, 1.807) is 0 Å². The lowest BCUT2D eigenvalue weighted by Crippen LogP contribution is -2.54. The van der Waals surface area contributed by atoms with Gasteiger partial charge in [0.05, 0.1) is 18.1 Å². The van der Waals surface area contributed by atoms with Gasteiger partial charge in [-0.2, -0.15) is 0 Å². The third kappa shape index (κ3) is 4.96. The van der Waals surface area contributed by atoms with Crippen molar-refractivity contribution in [3.8, 4) is 0 Å². The van der Waals surface area contributed by atoms with Crippen LogP contribution in [0.4, 0.5) is 0 Å². The van der Waals surface area contributed by atoms with Gasteiger partial charge in [0.2, 0.25) is 0 Å². The standard InChI is InChI=1S/C17H31NO3/c1-12(2)6-13(3)16(19)21-5-4-14-7-15-9-17(20,8-14)11-18-10-15/h12-15,18,20H,4-11H2,1-3H3. The third-order valence-corrected chi connectivity index (χ3v) is 4.89. The van der Waals surface area contributed by atoms with Crippen LogP contribution in [0.15, 0.2) is 0 Å². The molecular weight excluding hydrogens is 266 g/mol. The molecule has 1 saturated carbocycles. The molecule has 4 unspecified atom stereocenters. The van der Waals surface area contributed by atoms with Crippen molar-refractivity contribution in [2.45, 2.75) is 58.5 Å². The second kappa shape index (κ2) is 7.10. The summed E-state index contributed by atoms with van der Waals surface area (Å²) in [6.45, 7) is 8.43. The van der Waals surface area contributed by atoms with Gasteiger partial charge in [0, 0.05) is 6.54 Å². The largest absolute Gasteiger partial charge is 0.465 e. The topological polar surface area (TPSA) is 58.6 Å². The minimum absolute atomic E-state index is 0.0101. The molecule has 2 N–H and O–H groups in total. The van der Waals surface area contributed by atoms with Crippen LogP contribution in [0.25, 0.3) is 0 Å². The molecule has 4 nitrogen and oxygen atoms in total. The second-order valence-electron chi connectivity index (χ2n) is 7.72. The van der Waals surface area contributed by atoms with Gasteiger partial charge in [-0.25, -0.2) is 0 Å². The first-order valence-corrected chi connectivity index (χ1v) is 8.48. The highest BCUT2D eigenvalue weighted by Gasteiger charge is 2.41. The van der Waals surface area contributed by atoms with Crippen LogP contribution in [-0.2, 0) is 9.53 Å². The highest BCUT2D eigenvalue weighted by atomic mass is 16.5. The Balaban J connectivity index is 1.70. The van der Waals surface area contributed by atoms with E-state index in [2.05, 4.69) is 19.2 Å². The molecule has 1 saturated heterocycles. The first-order valence-electron chi connectivity index (χ1n) is 8.48. The van der Waals surface area contributed by atoms with Gasteiger partial charge in [-0.1, -0.05) is 20.8 Å². The minimum Gasteiger partial charge on any atom is -0.465 e. The zero-order valence-electron chi connectivity index (χ0n) is 13.7. The van der Waals surface area contributed by atoms with Crippen molar-refractivity contribution in [2.75, 3.05) is 19.7 Å². The molecule has 1 aliphatic carbocycles. The lowest BCUT2D eigenvalue weighted by atomic mass is 9.69. The fourth-order valence-corrected chi connectivity index (χ4v) is 4.10. The Morgan fingerprint density at radius 3 is 2.81 bits per heavy atom. The number of ether oxygens (including phenoxy) is 1. The minimum atomic E-state index is -0.527. The number of aliphatic hydroxyl groups is 1. The van der Waals surface area contributed by atoms with Gasteiger partial charge in [-0.15, -0.1) is 0 Å². The van der Waals surface area contributed by atoms with Crippen molar-refractivity contribution >= 4 is 5.97 Å². The molecule has 1 aliphatic heterocycles. The number of β-amino-alcohol motifs (C(OH)–C–C–N with tert-alkyl or cyclic N) is 1. The Hall–Kier alpha value is -0.610. The summed E-state index contributed by atoms with van der Waals surface area (Å²) in [5, 5.41) is 13.8. The monoisotopic (exact) mass is 297 g/mol. The van der Waals surface area contributed by atoms with Crippen molar-refractivity contribution in [3.05, 3.63) is 0 Å². The van der Waals surface area contributed by atoms with Gasteiger partial charge in [-0.05, 0) is 56.4 Å². The number of piperidine rings is 1. The average Bonchev–Trinajstić information content (AvgIpc) is 2.36. The molecule has 0 spiro atoms. The first kappa shape index (κ1) is 16.8. The molecule has 2 rings (SSSR count). The van der Waals surface area contributed by atoms with E-state index in [0.29, 0.717) is 30.9 Å². The number of rotatable bonds is 6. The number of fused-ring (bicyclic) bond motifs is 2. The third-order valence-electron chi connectivity index (χ3n) is 4.89. The molecule has 0 amide bonds. The lowest BCUT2D eigenvalue weighted by molar-refractivity contribution is -0.149. The van der Waals surface area contributed by atoms with Crippen LogP contribution in [0.2, 0.25) is 0 Å². The summed E-state index contributed by atoms with van der Waals surface area (Å²) < 4.78 is 5.43. The predicted molar refractivity (Wildman–Crippen MR) is 82.8 cm³/mol. The van der Waals surface area contributed by atoms with E-state index in [9.17, 15) is 9.90 Å². The van der Waals surface area contributed by atoms with Crippen LogP contribution in [0.1, 0.15) is 52.9 Å². The number of hydrogen-bond acceptors (Lipinski definition) is 4. The smallest absolute Gasteiger partial charge is 0.308 e. The van der Waals surface area contributed by atoms with Gasteiger partial charge in [0.15, 0.2) is 0 Å². The maximum Gasteiger partial charge on any atom is 0.308 e. The molecule has 0 aromatic rings. The quantitative estimate of drug-likeness (QED) is 0.739. The molecule has 2 bridgehead atoms. The van der Waals surface area contributed by atoms with Crippen molar-refractivity contribution in [2.24, 2.45) is 23.7 Å². The van der Waals surface area contributed by atoms with E-state index in [1.807, 2.05) is 6.92 Å². The number of esters is 1. The molecule has 0 aromatic carbocycles. The van der Waals surface area contributed by atoms with Gasteiger partial charge in [0.1, 0.15) is 0 Å². The molecule has 1 heterocycles. The molecule has 0 aromatic heterocycles. The zero-order valence-corrected chi connectivity index (χ0v) is 13.7. The lowest BCUT2D eigenvalue weighted by Gasteiger charge is -2.45. The van der Waals surface area contributed by atoms with Gasteiger partial charge in [-0.3, -0.25) is 4.79 Å². The van der Waals surface area contributed by atoms with Crippen LogP contribution in [0, 0.1) is 23.7 Å². The fourth-order valence-electron chi connectivity index (χ4n) is 4.10. The Kier molecular flexibility index (Phi) is 5.67. The summed E-state index contributed by atoms with van der Waals surface area (Å²) in [4.78, 5) is 11.9. The van der Waals surface area contributed by atoms with Crippen molar-refractivity contribution in [1.29, 1.82) is 0 Å². The molecule has 122 valence electrons. The van der Waals surface area contributed by atoms with Gasteiger partial charge >= 0.3 is 5.97 Å². The van der Waals surface area contributed by atoms with Crippen LogP contribution < -0.4 is 5.32 Å². The van der Waals surface area contributed by atoms with E-state index >= 15 is 0 Å². The Morgan fingerprint density at radius 1 is 1.38 bits per heavy atom. The average molecular weight is 297 g/mol. The summed E-state index contributed by atoms with van der Waals surface area (Å²) in [6.07, 6.45) is 4.69. The molecular formula is C17H31NO3. The van der Waals surface area contributed by atoms with E-state index in [4.69, 9.17) is 4.74 Å².